The van der Waals surface area contributed by atoms with Gasteiger partial charge in [0.15, 0.2) is 0 Å². The minimum Gasteiger partial charge on any atom is -0.496 e. The van der Waals surface area contributed by atoms with Crippen LogP contribution in [0, 0.1) is 5.92 Å². The third kappa shape index (κ3) is 4.21. The summed E-state index contributed by atoms with van der Waals surface area (Å²) in [6, 6.07) is 4.26. The number of likely N-dealkylation sites (tertiary alicyclic amines) is 1. The first-order valence-electron chi connectivity index (χ1n) is 9.10. The topological polar surface area (TPSA) is 54.0 Å². The Kier molecular flexibility index (Phi) is 5.98. The number of ether oxygens (including phenoxy) is 2. The lowest BCUT2D eigenvalue weighted by atomic mass is 9.96. The number of hydrogen-bond donors (Lipinski definition) is 2. The minimum atomic E-state index is 0.261. The normalized spacial score (nSPS) is 21.5. The zero-order valence-corrected chi connectivity index (χ0v) is 14.9. The molecule has 0 saturated carbocycles. The average molecular weight is 334 g/mol. The Balaban J connectivity index is 1.50. The lowest BCUT2D eigenvalue weighted by Gasteiger charge is -2.31. The van der Waals surface area contributed by atoms with E-state index in [4.69, 9.17) is 14.6 Å². The molecule has 1 atom stereocenters. The van der Waals surface area contributed by atoms with E-state index in [0.717, 1.165) is 56.6 Å². The predicted octanol–water partition coefficient (Wildman–Crippen LogP) is 1.81. The van der Waals surface area contributed by atoms with E-state index in [2.05, 4.69) is 29.3 Å². The summed E-state index contributed by atoms with van der Waals surface area (Å²) in [5, 5.41) is 12.6. The number of hydrogen-bond acceptors (Lipinski definition) is 5. The SMILES string of the molecule is COc1cc2c(cc1CNCC1CCN(CCO)CC1)O[C@H](C)C2. The number of nitrogens with zero attached hydrogens (tertiary/aromatic N) is 1. The van der Waals surface area contributed by atoms with Crippen LogP contribution in [-0.2, 0) is 13.0 Å². The van der Waals surface area contributed by atoms with Crippen molar-refractivity contribution in [1.29, 1.82) is 0 Å². The molecular weight excluding hydrogens is 304 g/mol. The van der Waals surface area contributed by atoms with Crippen molar-refractivity contribution >= 4 is 0 Å². The van der Waals surface area contributed by atoms with Crippen molar-refractivity contribution in [2.45, 2.75) is 38.8 Å². The van der Waals surface area contributed by atoms with Crippen LogP contribution in [-0.4, -0.2) is 56.0 Å². The number of piperidine rings is 1. The van der Waals surface area contributed by atoms with Gasteiger partial charge >= 0.3 is 0 Å². The fourth-order valence-electron chi connectivity index (χ4n) is 3.78. The van der Waals surface area contributed by atoms with Crippen molar-refractivity contribution in [2.24, 2.45) is 5.92 Å². The lowest BCUT2D eigenvalue weighted by molar-refractivity contribution is 0.146. The maximum Gasteiger partial charge on any atom is 0.123 e. The van der Waals surface area contributed by atoms with Crippen LogP contribution < -0.4 is 14.8 Å². The van der Waals surface area contributed by atoms with Gasteiger partial charge in [-0.05, 0) is 57.5 Å². The zero-order valence-electron chi connectivity index (χ0n) is 14.9. The molecule has 1 fully saturated rings. The van der Waals surface area contributed by atoms with Crippen LogP contribution in [0.2, 0.25) is 0 Å². The maximum atomic E-state index is 9.01. The van der Waals surface area contributed by atoms with Crippen molar-refractivity contribution in [3.8, 4) is 11.5 Å². The molecule has 0 spiro atoms. The van der Waals surface area contributed by atoms with Crippen molar-refractivity contribution in [1.82, 2.24) is 10.2 Å². The summed E-state index contributed by atoms with van der Waals surface area (Å²) in [7, 11) is 1.74. The molecule has 2 aliphatic heterocycles. The largest absolute Gasteiger partial charge is 0.496 e. The van der Waals surface area contributed by atoms with E-state index in [9.17, 15) is 0 Å². The second kappa shape index (κ2) is 8.19. The van der Waals surface area contributed by atoms with E-state index in [0.29, 0.717) is 0 Å². The van der Waals surface area contributed by atoms with Crippen molar-refractivity contribution in [3.63, 3.8) is 0 Å². The first kappa shape index (κ1) is 17.5. The third-order valence-electron chi connectivity index (χ3n) is 5.17. The molecule has 134 valence electrons. The van der Waals surface area contributed by atoms with E-state index >= 15 is 0 Å². The molecular formula is C19H30N2O3. The second-order valence-electron chi connectivity index (χ2n) is 7.04. The second-order valence-corrected chi connectivity index (χ2v) is 7.04. The Morgan fingerprint density at radius 3 is 2.83 bits per heavy atom. The fraction of sp³-hybridized carbons (Fsp3) is 0.684. The highest BCUT2D eigenvalue weighted by Gasteiger charge is 2.22. The molecule has 24 heavy (non-hydrogen) atoms. The molecule has 0 aromatic heterocycles. The fourth-order valence-corrected chi connectivity index (χ4v) is 3.78. The van der Waals surface area contributed by atoms with Crippen LogP contribution in [0.25, 0.3) is 0 Å². The molecule has 1 aromatic rings. The summed E-state index contributed by atoms with van der Waals surface area (Å²) in [6.07, 6.45) is 3.63. The van der Waals surface area contributed by atoms with Crippen LogP contribution in [0.4, 0.5) is 0 Å². The number of aliphatic hydroxyl groups excluding tert-OH is 1. The molecule has 2 heterocycles. The van der Waals surface area contributed by atoms with Crippen LogP contribution in [0.15, 0.2) is 12.1 Å². The highest BCUT2D eigenvalue weighted by molar-refractivity contribution is 5.48. The maximum absolute atomic E-state index is 9.01. The lowest BCUT2D eigenvalue weighted by Crippen LogP contribution is -2.38. The molecule has 1 aromatic carbocycles. The van der Waals surface area contributed by atoms with Gasteiger partial charge < -0.3 is 24.8 Å². The van der Waals surface area contributed by atoms with Gasteiger partial charge in [-0.25, -0.2) is 0 Å². The van der Waals surface area contributed by atoms with E-state index in [1.165, 1.54) is 24.0 Å². The highest BCUT2D eigenvalue weighted by atomic mass is 16.5. The first-order chi connectivity index (χ1) is 11.7. The van der Waals surface area contributed by atoms with E-state index < -0.39 is 0 Å². The Bertz CT molecular complexity index is 542. The van der Waals surface area contributed by atoms with Crippen LogP contribution in [0.1, 0.15) is 30.9 Å². The number of rotatable bonds is 7. The van der Waals surface area contributed by atoms with E-state index in [1.807, 2.05) is 0 Å². The number of fused-ring (bicyclic) bond motifs is 1. The summed E-state index contributed by atoms with van der Waals surface area (Å²) < 4.78 is 11.4. The van der Waals surface area contributed by atoms with E-state index in [1.54, 1.807) is 7.11 Å². The van der Waals surface area contributed by atoms with Gasteiger partial charge in [-0.15, -0.1) is 0 Å². The van der Waals surface area contributed by atoms with Crippen molar-refractivity contribution in [2.75, 3.05) is 39.9 Å². The van der Waals surface area contributed by atoms with Crippen LogP contribution in [0.5, 0.6) is 11.5 Å². The predicted molar refractivity (Wildman–Crippen MR) is 94.7 cm³/mol. The number of nitrogens with one attached hydrogen (secondary N) is 1. The average Bonchev–Trinajstić information content (AvgIpc) is 2.95. The summed E-state index contributed by atoms with van der Waals surface area (Å²) in [6.45, 7) is 7.22. The number of benzene rings is 1. The van der Waals surface area contributed by atoms with Gasteiger partial charge in [0.05, 0.1) is 13.7 Å². The van der Waals surface area contributed by atoms with Gasteiger partial charge in [0, 0.05) is 30.6 Å². The first-order valence-corrected chi connectivity index (χ1v) is 9.10. The summed E-state index contributed by atoms with van der Waals surface area (Å²) >= 11 is 0. The Labute approximate surface area is 144 Å². The molecule has 0 aliphatic carbocycles. The Hall–Kier alpha value is -1.30. The van der Waals surface area contributed by atoms with Crippen LogP contribution >= 0.6 is 0 Å². The number of β-amino-alcohol motifs (C(OH)–C–C–N with tert-alkyl or cyclic N) is 1. The number of methoxy groups -OCH3 is 1. The molecule has 2 aliphatic rings. The van der Waals surface area contributed by atoms with E-state index in [-0.39, 0.29) is 12.7 Å². The van der Waals surface area contributed by atoms with Gasteiger partial charge in [-0.2, -0.15) is 0 Å². The van der Waals surface area contributed by atoms with Gasteiger partial charge in [0.2, 0.25) is 0 Å². The Morgan fingerprint density at radius 2 is 2.12 bits per heavy atom. The molecule has 5 heteroatoms. The summed E-state index contributed by atoms with van der Waals surface area (Å²) in [4.78, 5) is 2.35. The molecule has 5 nitrogen and oxygen atoms in total. The third-order valence-corrected chi connectivity index (χ3v) is 5.17. The van der Waals surface area contributed by atoms with Crippen molar-refractivity contribution in [3.05, 3.63) is 23.3 Å². The monoisotopic (exact) mass is 334 g/mol. The summed E-state index contributed by atoms with van der Waals surface area (Å²) in [5.41, 5.74) is 2.42. The molecule has 0 radical (unpaired) electrons. The Morgan fingerprint density at radius 1 is 1.33 bits per heavy atom. The molecule has 1 saturated heterocycles. The van der Waals surface area contributed by atoms with Gasteiger partial charge in [0.25, 0.3) is 0 Å². The van der Waals surface area contributed by atoms with Gasteiger partial charge in [-0.3, -0.25) is 0 Å². The zero-order chi connectivity index (χ0) is 16.9. The smallest absolute Gasteiger partial charge is 0.123 e. The molecule has 0 bridgehead atoms. The van der Waals surface area contributed by atoms with Gasteiger partial charge in [0.1, 0.15) is 17.6 Å². The highest BCUT2D eigenvalue weighted by Crippen LogP contribution is 2.35. The van der Waals surface area contributed by atoms with Crippen LogP contribution in [0.3, 0.4) is 0 Å². The molecule has 0 amide bonds. The standard InChI is InChI=1S/C19H30N2O3/c1-14-9-16-10-18(23-2)17(11-19(16)24-14)13-20-12-15-3-5-21(6-4-15)7-8-22/h10-11,14-15,20,22H,3-9,12-13H2,1-2H3/t14-/m1/s1. The molecule has 0 unspecified atom stereocenters. The number of aliphatic hydroxyl groups is 1. The quantitative estimate of drug-likeness (QED) is 0.796. The molecule has 2 N–H and O–H groups in total. The van der Waals surface area contributed by atoms with Crippen molar-refractivity contribution < 1.29 is 14.6 Å². The van der Waals surface area contributed by atoms with Gasteiger partial charge in [-0.1, -0.05) is 0 Å². The minimum absolute atomic E-state index is 0.261. The molecule has 3 rings (SSSR count). The summed E-state index contributed by atoms with van der Waals surface area (Å²) in [5.74, 6) is 2.69.